The SMILES string of the molecule is CCCCCCC(C)(Oc1ccccc1)C(=O)O. The molecule has 1 aromatic carbocycles. The van der Waals surface area contributed by atoms with Gasteiger partial charge in [-0.15, -0.1) is 0 Å². The zero-order chi connectivity index (χ0) is 13.4. The van der Waals surface area contributed by atoms with Gasteiger partial charge in [0.15, 0.2) is 0 Å². The van der Waals surface area contributed by atoms with Crippen LogP contribution >= 0.6 is 0 Å². The van der Waals surface area contributed by atoms with Crippen molar-refractivity contribution in [2.75, 3.05) is 0 Å². The Hall–Kier alpha value is -1.51. The van der Waals surface area contributed by atoms with Crippen molar-refractivity contribution in [3.63, 3.8) is 0 Å². The minimum absolute atomic E-state index is 0.539. The molecule has 0 heterocycles. The van der Waals surface area contributed by atoms with Crippen LogP contribution in [0.5, 0.6) is 5.75 Å². The Kier molecular flexibility index (Phi) is 5.69. The second-order valence-electron chi connectivity index (χ2n) is 4.76. The molecular formula is C15H22O3. The van der Waals surface area contributed by atoms with Crippen molar-refractivity contribution in [2.24, 2.45) is 0 Å². The summed E-state index contributed by atoms with van der Waals surface area (Å²) >= 11 is 0. The molecule has 0 aliphatic rings. The van der Waals surface area contributed by atoms with E-state index in [1.54, 1.807) is 19.1 Å². The first-order valence-electron chi connectivity index (χ1n) is 6.56. The molecule has 0 aliphatic heterocycles. The Morgan fingerprint density at radius 1 is 1.22 bits per heavy atom. The number of para-hydroxylation sites is 1. The third kappa shape index (κ3) is 4.40. The fourth-order valence-corrected chi connectivity index (χ4v) is 1.84. The van der Waals surface area contributed by atoms with Crippen LogP contribution in [-0.2, 0) is 4.79 Å². The number of benzene rings is 1. The van der Waals surface area contributed by atoms with Gasteiger partial charge in [-0.05, 0) is 31.9 Å². The number of hydrogen-bond donors (Lipinski definition) is 1. The van der Waals surface area contributed by atoms with E-state index in [-0.39, 0.29) is 0 Å². The van der Waals surface area contributed by atoms with E-state index in [1.165, 1.54) is 0 Å². The van der Waals surface area contributed by atoms with Crippen molar-refractivity contribution in [3.05, 3.63) is 30.3 Å². The van der Waals surface area contributed by atoms with Gasteiger partial charge in [-0.3, -0.25) is 0 Å². The zero-order valence-electron chi connectivity index (χ0n) is 11.2. The van der Waals surface area contributed by atoms with Gasteiger partial charge in [0.1, 0.15) is 5.75 Å². The Morgan fingerprint density at radius 2 is 1.89 bits per heavy atom. The minimum atomic E-state index is -1.13. The molecule has 0 aliphatic carbocycles. The Morgan fingerprint density at radius 3 is 2.44 bits per heavy atom. The van der Waals surface area contributed by atoms with E-state index >= 15 is 0 Å². The topological polar surface area (TPSA) is 46.5 Å². The van der Waals surface area contributed by atoms with E-state index in [2.05, 4.69) is 6.92 Å². The average Bonchev–Trinajstić information content (AvgIpc) is 2.36. The fourth-order valence-electron chi connectivity index (χ4n) is 1.84. The molecule has 1 atom stereocenters. The lowest BCUT2D eigenvalue weighted by atomic mass is 9.97. The number of unbranched alkanes of at least 4 members (excludes halogenated alkanes) is 3. The lowest BCUT2D eigenvalue weighted by molar-refractivity contribution is -0.154. The van der Waals surface area contributed by atoms with Gasteiger partial charge in [0.25, 0.3) is 0 Å². The molecule has 1 N–H and O–H groups in total. The van der Waals surface area contributed by atoms with Crippen molar-refractivity contribution in [3.8, 4) is 5.75 Å². The highest BCUT2D eigenvalue weighted by Gasteiger charge is 2.34. The predicted molar refractivity (Wildman–Crippen MR) is 71.9 cm³/mol. The summed E-state index contributed by atoms with van der Waals surface area (Å²) < 4.78 is 5.64. The summed E-state index contributed by atoms with van der Waals surface area (Å²) in [5.41, 5.74) is -1.13. The lowest BCUT2D eigenvalue weighted by Gasteiger charge is -2.26. The number of hydrogen-bond acceptors (Lipinski definition) is 2. The van der Waals surface area contributed by atoms with Gasteiger partial charge < -0.3 is 9.84 Å². The molecule has 0 fully saturated rings. The summed E-state index contributed by atoms with van der Waals surface area (Å²) in [4.78, 5) is 11.4. The van der Waals surface area contributed by atoms with Crippen LogP contribution in [0.1, 0.15) is 46.0 Å². The molecular weight excluding hydrogens is 228 g/mol. The summed E-state index contributed by atoms with van der Waals surface area (Å²) in [7, 11) is 0. The Bertz CT molecular complexity index is 361. The van der Waals surface area contributed by atoms with Crippen LogP contribution in [0.2, 0.25) is 0 Å². The van der Waals surface area contributed by atoms with E-state index in [4.69, 9.17) is 4.74 Å². The maximum absolute atomic E-state index is 11.4. The van der Waals surface area contributed by atoms with Crippen molar-refractivity contribution in [1.82, 2.24) is 0 Å². The summed E-state index contributed by atoms with van der Waals surface area (Å²) in [6, 6.07) is 9.13. The molecule has 18 heavy (non-hydrogen) atoms. The third-order valence-corrected chi connectivity index (χ3v) is 3.05. The monoisotopic (exact) mass is 250 g/mol. The highest BCUT2D eigenvalue weighted by atomic mass is 16.5. The van der Waals surface area contributed by atoms with Crippen LogP contribution in [-0.4, -0.2) is 16.7 Å². The molecule has 0 saturated carbocycles. The lowest BCUT2D eigenvalue weighted by Crippen LogP contribution is -2.41. The number of aliphatic carboxylic acids is 1. The van der Waals surface area contributed by atoms with Gasteiger partial charge >= 0.3 is 5.97 Å². The first-order chi connectivity index (χ1) is 8.58. The van der Waals surface area contributed by atoms with Crippen LogP contribution < -0.4 is 4.74 Å². The predicted octanol–water partition coefficient (Wildman–Crippen LogP) is 3.88. The van der Waals surface area contributed by atoms with Crippen LogP contribution in [0.15, 0.2) is 30.3 Å². The summed E-state index contributed by atoms with van der Waals surface area (Å²) in [6.07, 6.45) is 4.75. The fraction of sp³-hybridized carbons (Fsp3) is 0.533. The van der Waals surface area contributed by atoms with Crippen LogP contribution in [0.25, 0.3) is 0 Å². The molecule has 0 amide bonds. The molecule has 0 saturated heterocycles. The van der Waals surface area contributed by atoms with Gasteiger partial charge in [-0.1, -0.05) is 44.4 Å². The van der Waals surface area contributed by atoms with Crippen molar-refractivity contribution >= 4 is 5.97 Å². The van der Waals surface area contributed by atoms with E-state index < -0.39 is 11.6 Å². The first-order valence-corrected chi connectivity index (χ1v) is 6.56. The van der Waals surface area contributed by atoms with Gasteiger partial charge in [-0.2, -0.15) is 0 Å². The number of carboxylic acids is 1. The second kappa shape index (κ2) is 7.04. The maximum Gasteiger partial charge on any atom is 0.347 e. The highest BCUT2D eigenvalue weighted by molar-refractivity contribution is 5.77. The molecule has 1 unspecified atom stereocenters. The number of ether oxygens (including phenoxy) is 1. The quantitative estimate of drug-likeness (QED) is 0.712. The van der Waals surface area contributed by atoms with Gasteiger partial charge in [0.2, 0.25) is 5.60 Å². The smallest absolute Gasteiger partial charge is 0.347 e. The molecule has 0 aromatic heterocycles. The summed E-state index contributed by atoms with van der Waals surface area (Å²) in [6.45, 7) is 3.78. The van der Waals surface area contributed by atoms with Crippen LogP contribution in [0.3, 0.4) is 0 Å². The van der Waals surface area contributed by atoms with Crippen LogP contribution in [0, 0.1) is 0 Å². The first kappa shape index (κ1) is 14.6. The highest BCUT2D eigenvalue weighted by Crippen LogP contribution is 2.24. The number of rotatable bonds is 8. The van der Waals surface area contributed by atoms with E-state index in [1.807, 2.05) is 18.2 Å². The average molecular weight is 250 g/mol. The Labute approximate surface area is 109 Å². The molecule has 0 bridgehead atoms. The third-order valence-electron chi connectivity index (χ3n) is 3.05. The van der Waals surface area contributed by atoms with E-state index in [0.717, 1.165) is 25.7 Å². The Balaban J connectivity index is 2.60. The molecule has 1 aromatic rings. The summed E-state index contributed by atoms with van der Waals surface area (Å²) in [5.74, 6) is -0.291. The minimum Gasteiger partial charge on any atom is -0.478 e. The maximum atomic E-state index is 11.4. The normalized spacial score (nSPS) is 13.9. The molecule has 3 heteroatoms. The molecule has 1 rings (SSSR count). The molecule has 0 spiro atoms. The standard InChI is InChI=1S/C15H22O3/c1-3-4-5-9-12-15(2,14(16)17)18-13-10-7-6-8-11-13/h6-8,10-11H,3-5,9,12H2,1-2H3,(H,16,17). The summed E-state index contributed by atoms with van der Waals surface area (Å²) in [5, 5.41) is 9.33. The molecule has 3 nitrogen and oxygen atoms in total. The van der Waals surface area contributed by atoms with E-state index in [0.29, 0.717) is 12.2 Å². The van der Waals surface area contributed by atoms with Crippen molar-refractivity contribution in [1.29, 1.82) is 0 Å². The number of carboxylic acid groups (broad SMARTS) is 1. The van der Waals surface area contributed by atoms with Gasteiger partial charge in [-0.25, -0.2) is 4.79 Å². The van der Waals surface area contributed by atoms with Gasteiger partial charge in [0, 0.05) is 0 Å². The van der Waals surface area contributed by atoms with E-state index in [9.17, 15) is 9.90 Å². The van der Waals surface area contributed by atoms with Crippen molar-refractivity contribution < 1.29 is 14.6 Å². The second-order valence-corrected chi connectivity index (χ2v) is 4.76. The van der Waals surface area contributed by atoms with Crippen LogP contribution in [0.4, 0.5) is 0 Å². The van der Waals surface area contributed by atoms with Crippen molar-refractivity contribution in [2.45, 2.75) is 51.6 Å². The molecule has 0 radical (unpaired) electrons. The number of carbonyl (C=O) groups is 1. The molecule has 100 valence electrons. The van der Waals surface area contributed by atoms with Gasteiger partial charge in [0.05, 0.1) is 0 Å². The zero-order valence-corrected chi connectivity index (χ0v) is 11.2. The largest absolute Gasteiger partial charge is 0.478 e.